The monoisotopic (exact) mass is 301 g/mol. The Labute approximate surface area is 131 Å². The normalized spacial score (nSPS) is 29.2. The molecule has 2 saturated heterocycles. The van der Waals surface area contributed by atoms with E-state index in [1.807, 2.05) is 12.1 Å². The van der Waals surface area contributed by atoms with E-state index in [1.54, 1.807) is 13.1 Å². The Morgan fingerprint density at radius 3 is 2.82 bits per heavy atom. The Morgan fingerprint density at radius 1 is 1.27 bits per heavy atom. The van der Waals surface area contributed by atoms with Crippen molar-refractivity contribution < 1.29 is 9.53 Å². The number of anilines is 1. The third-order valence-corrected chi connectivity index (χ3v) is 5.20. The maximum atomic E-state index is 11.3. The first kappa shape index (κ1) is 14.2. The van der Waals surface area contributed by atoms with Gasteiger partial charge in [-0.2, -0.15) is 0 Å². The summed E-state index contributed by atoms with van der Waals surface area (Å²) in [5.74, 6) is 1.90. The van der Waals surface area contributed by atoms with Crippen molar-refractivity contribution in [2.45, 2.75) is 31.8 Å². The number of rotatable bonds is 3. The number of hydrogen-bond donors (Lipinski definition) is 0. The predicted octanol–water partition coefficient (Wildman–Crippen LogP) is 1.58. The van der Waals surface area contributed by atoms with Gasteiger partial charge < -0.3 is 9.64 Å². The summed E-state index contributed by atoms with van der Waals surface area (Å²) < 4.78 is 5.85. The van der Waals surface area contributed by atoms with Crippen LogP contribution in [-0.4, -0.2) is 60.6 Å². The Hall–Kier alpha value is -1.46. The Bertz CT molecular complexity index is 556. The van der Waals surface area contributed by atoms with E-state index in [2.05, 4.69) is 14.8 Å². The van der Waals surface area contributed by atoms with E-state index in [1.165, 1.54) is 12.8 Å². The van der Waals surface area contributed by atoms with Crippen LogP contribution in [0.2, 0.25) is 0 Å². The molecule has 1 aliphatic carbocycles. The fourth-order valence-corrected chi connectivity index (χ4v) is 3.75. The lowest BCUT2D eigenvalue weighted by Gasteiger charge is -2.48. The lowest BCUT2D eigenvalue weighted by Crippen LogP contribution is -2.62. The number of ketones is 1. The number of carbonyl (C=O) groups excluding carboxylic acids is 1. The van der Waals surface area contributed by atoms with Crippen molar-refractivity contribution in [3.63, 3.8) is 0 Å². The molecule has 2 atom stereocenters. The van der Waals surface area contributed by atoms with Gasteiger partial charge in [0, 0.05) is 37.4 Å². The van der Waals surface area contributed by atoms with Crippen LogP contribution in [0.5, 0.6) is 0 Å². The van der Waals surface area contributed by atoms with E-state index in [-0.39, 0.29) is 5.78 Å². The minimum atomic E-state index is 0.0665. The molecule has 0 aromatic carbocycles. The average molecular weight is 301 g/mol. The summed E-state index contributed by atoms with van der Waals surface area (Å²) in [5, 5.41) is 0. The van der Waals surface area contributed by atoms with Crippen molar-refractivity contribution in [2.24, 2.45) is 5.92 Å². The van der Waals surface area contributed by atoms with E-state index < -0.39 is 0 Å². The molecule has 1 aromatic heterocycles. The molecular weight excluding hydrogens is 278 g/mol. The number of hydrogen-bond acceptors (Lipinski definition) is 5. The summed E-state index contributed by atoms with van der Waals surface area (Å²) in [6.45, 7) is 6.37. The summed E-state index contributed by atoms with van der Waals surface area (Å²) >= 11 is 0. The maximum absolute atomic E-state index is 11.3. The molecule has 1 aromatic rings. The molecule has 3 aliphatic rings. The molecule has 3 fully saturated rings. The van der Waals surface area contributed by atoms with Gasteiger partial charge in [-0.25, -0.2) is 4.98 Å². The van der Waals surface area contributed by atoms with Crippen LogP contribution >= 0.6 is 0 Å². The van der Waals surface area contributed by atoms with Crippen molar-refractivity contribution in [2.75, 3.05) is 37.7 Å². The Morgan fingerprint density at radius 2 is 2.14 bits per heavy atom. The molecule has 2 aliphatic heterocycles. The van der Waals surface area contributed by atoms with Gasteiger partial charge in [0.15, 0.2) is 5.78 Å². The molecule has 0 bridgehead atoms. The topological polar surface area (TPSA) is 45.7 Å². The first-order chi connectivity index (χ1) is 10.7. The largest absolute Gasteiger partial charge is 0.378 e. The molecule has 0 spiro atoms. The molecule has 4 rings (SSSR count). The second-order valence-electron chi connectivity index (χ2n) is 6.74. The number of morpholine rings is 1. The molecule has 0 N–H and O–H groups in total. The first-order valence-electron chi connectivity index (χ1n) is 8.28. The van der Waals surface area contributed by atoms with E-state index in [4.69, 9.17) is 4.74 Å². The van der Waals surface area contributed by atoms with Gasteiger partial charge in [0.2, 0.25) is 0 Å². The van der Waals surface area contributed by atoms with Gasteiger partial charge in [0.25, 0.3) is 0 Å². The van der Waals surface area contributed by atoms with Crippen LogP contribution in [0.3, 0.4) is 0 Å². The molecular formula is C17H23N3O2. The van der Waals surface area contributed by atoms with Crippen LogP contribution in [0, 0.1) is 5.92 Å². The van der Waals surface area contributed by atoms with E-state index in [0.717, 1.165) is 44.6 Å². The van der Waals surface area contributed by atoms with Gasteiger partial charge in [-0.3, -0.25) is 9.69 Å². The highest BCUT2D eigenvalue weighted by atomic mass is 16.5. The molecule has 5 heteroatoms. The lowest BCUT2D eigenvalue weighted by molar-refractivity contribution is -0.0603. The lowest BCUT2D eigenvalue weighted by atomic mass is 10.0. The quantitative estimate of drug-likeness (QED) is 0.793. The fraction of sp³-hybridized carbons (Fsp3) is 0.647. The zero-order valence-electron chi connectivity index (χ0n) is 13.1. The SMILES string of the molecule is CC(=O)c1ccc(N2CCN3[C@@H](COC[C@@H]3C3CC3)C2)nc1. The Balaban J connectivity index is 1.46. The Kier molecular flexibility index (Phi) is 3.62. The van der Waals surface area contributed by atoms with Gasteiger partial charge >= 0.3 is 0 Å². The van der Waals surface area contributed by atoms with Gasteiger partial charge in [-0.1, -0.05) is 0 Å². The van der Waals surface area contributed by atoms with Gasteiger partial charge in [-0.05, 0) is 37.8 Å². The third-order valence-electron chi connectivity index (χ3n) is 5.20. The third kappa shape index (κ3) is 2.63. The van der Waals surface area contributed by atoms with Crippen LogP contribution in [0.25, 0.3) is 0 Å². The number of aromatic nitrogens is 1. The number of pyridine rings is 1. The highest BCUT2D eigenvalue weighted by molar-refractivity contribution is 5.93. The van der Waals surface area contributed by atoms with Crippen molar-refractivity contribution in [3.05, 3.63) is 23.9 Å². The summed E-state index contributed by atoms with van der Waals surface area (Å²) in [4.78, 5) is 20.8. The molecule has 1 saturated carbocycles. The zero-order chi connectivity index (χ0) is 15.1. The molecule has 0 unspecified atom stereocenters. The molecule has 118 valence electrons. The van der Waals surface area contributed by atoms with Crippen molar-refractivity contribution in [1.82, 2.24) is 9.88 Å². The van der Waals surface area contributed by atoms with Crippen LogP contribution in [-0.2, 0) is 4.74 Å². The van der Waals surface area contributed by atoms with Crippen LogP contribution in [0.1, 0.15) is 30.1 Å². The number of carbonyl (C=O) groups is 1. The van der Waals surface area contributed by atoms with E-state index in [0.29, 0.717) is 17.6 Å². The zero-order valence-corrected chi connectivity index (χ0v) is 13.1. The predicted molar refractivity (Wildman–Crippen MR) is 84.3 cm³/mol. The molecule has 22 heavy (non-hydrogen) atoms. The molecule has 3 heterocycles. The summed E-state index contributed by atoms with van der Waals surface area (Å²) in [5.41, 5.74) is 0.678. The van der Waals surface area contributed by atoms with E-state index >= 15 is 0 Å². The minimum absolute atomic E-state index is 0.0665. The van der Waals surface area contributed by atoms with Crippen molar-refractivity contribution >= 4 is 11.6 Å². The van der Waals surface area contributed by atoms with Crippen LogP contribution in [0.4, 0.5) is 5.82 Å². The first-order valence-corrected chi connectivity index (χ1v) is 8.28. The second kappa shape index (κ2) is 5.63. The standard InChI is InChI=1S/C17H23N3O2/c1-12(21)14-4-5-17(18-8-14)19-6-7-20-15(9-19)10-22-11-16(20)13-2-3-13/h4-5,8,13,15-16H,2-3,6-7,9-11H2,1H3/t15-,16-/m1/s1. The number of nitrogens with zero attached hydrogens (tertiary/aromatic N) is 3. The van der Waals surface area contributed by atoms with Gasteiger partial charge in [0.1, 0.15) is 5.82 Å². The summed E-state index contributed by atoms with van der Waals surface area (Å²) in [6.07, 6.45) is 4.43. The highest BCUT2D eigenvalue weighted by Gasteiger charge is 2.42. The fourth-order valence-electron chi connectivity index (χ4n) is 3.75. The summed E-state index contributed by atoms with van der Waals surface area (Å²) in [7, 11) is 0. The van der Waals surface area contributed by atoms with Gasteiger partial charge in [-0.15, -0.1) is 0 Å². The van der Waals surface area contributed by atoms with E-state index in [9.17, 15) is 4.79 Å². The van der Waals surface area contributed by atoms with Crippen molar-refractivity contribution in [1.29, 1.82) is 0 Å². The molecule has 5 nitrogen and oxygen atoms in total. The number of ether oxygens (including phenoxy) is 1. The maximum Gasteiger partial charge on any atom is 0.161 e. The molecule has 0 amide bonds. The smallest absolute Gasteiger partial charge is 0.161 e. The number of Topliss-reactive ketones (excluding diaryl/α,β-unsaturated/α-hetero) is 1. The summed E-state index contributed by atoms with van der Waals surface area (Å²) in [6, 6.07) is 4.95. The highest BCUT2D eigenvalue weighted by Crippen LogP contribution is 2.38. The van der Waals surface area contributed by atoms with Gasteiger partial charge in [0.05, 0.1) is 19.3 Å². The number of piperazine rings is 1. The molecule has 0 radical (unpaired) electrons. The van der Waals surface area contributed by atoms with Crippen LogP contribution in [0.15, 0.2) is 18.3 Å². The number of fused-ring (bicyclic) bond motifs is 1. The second-order valence-corrected chi connectivity index (χ2v) is 6.74. The van der Waals surface area contributed by atoms with Crippen LogP contribution < -0.4 is 4.90 Å². The van der Waals surface area contributed by atoms with Crippen molar-refractivity contribution in [3.8, 4) is 0 Å². The minimum Gasteiger partial charge on any atom is -0.378 e. The average Bonchev–Trinajstić information content (AvgIpc) is 3.38.